The molecule has 1 fully saturated rings. The van der Waals surface area contributed by atoms with Gasteiger partial charge in [0.1, 0.15) is 6.10 Å². The first kappa shape index (κ1) is 19.2. The molecule has 0 N–H and O–H groups in total. The first-order valence-corrected chi connectivity index (χ1v) is 9.55. The van der Waals surface area contributed by atoms with Crippen LogP contribution in [-0.4, -0.2) is 47.3 Å². The fraction of sp³-hybridized carbons (Fsp3) is 0.600. The van der Waals surface area contributed by atoms with Gasteiger partial charge in [-0.2, -0.15) is 10.2 Å². The predicted octanol–water partition coefficient (Wildman–Crippen LogP) is 3.21. The van der Waals surface area contributed by atoms with E-state index in [9.17, 15) is 4.79 Å². The molecule has 1 aromatic rings. The molecule has 27 heavy (non-hydrogen) atoms. The minimum absolute atomic E-state index is 0.0810. The summed E-state index contributed by atoms with van der Waals surface area (Å²) in [4.78, 5) is 18.8. The molecule has 2 aliphatic heterocycles. The highest BCUT2D eigenvalue weighted by atomic mass is 16.5. The van der Waals surface area contributed by atoms with Gasteiger partial charge < -0.3 is 14.4 Å². The molecule has 0 bridgehead atoms. The Morgan fingerprint density at radius 2 is 2.30 bits per heavy atom. The summed E-state index contributed by atoms with van der Waals surface area (Å²) < 4.78 is 11.6. The minimum Gasteiger partial charge on any atom is -0.488 e. The number of nitrogens with zero attached hydrogens (tertiary/aromatic N) is 4. The molecule has 1 saturated heterocycles. The summed E-state index contributed by atoms with van der Waals surface area (Å²) in [6, 6.07) is 3.66. The number of hydrogen-bond acceptors (Lipinski definition) is 6. The van der Waals surface area contributed by atoms with Gasteiger partial charge in [-0.15, -0.1) is 12.3 Å². The molecule has 0 aromatic carbocycles. The smallest absolute Gasteiger partial charge is 0.257 e. The highest BCUT2D eigenvalue weighted by Crippen LogP contribution is 2.37. The summed E-state index contributed by atoms with van der Waals surface area (Å²) in [5.41, 5.74) is -0.409. The minimum atomic E-state index is -0.409. The van der Waals surface area contributed by atoms with Crippen LogP contribution in [0.2, 0.25) is 0 Å². The Balaban J connectivity index is 1.50. The summed E-state index contributed by atoms with van der Waals surface area (Å²) in [5.74, 6) is 3.85. The van der Waals surface area contributed by atoms with Gasteiger partial charge in [0.25, 0.3) is 5.88 Å². The third-order valence-corrected chi connectivity index (χ3v) is 4.84. The van der Waals surface area contributed by atoms with Crippen LogP contribution < -0.4 is 9.47 Å². The standard InChI is InChI=1S/C20H26N4O3/c1-3-5-11-20(22-23-20)12-10-18(25)24-14-7-8-16(15-24)27-19-17(26-4-2)9-6-13-21-19/h1,6,9,13,16H,4-5,7-8,10-12,14-15H2,2H3. The van der Waals surface area contributed by atoms with Gasteiger partial charge in [-0.05, 0) is 31.9 Å². The lowest BCUT2D eigenvalue weighted by atomic mass is 10.0. The van der Waals surface area contributed by atoms with Gasteiger partial charge in [-0.25, -0.2) is 4.98 Å². The Labute approximate surface area is 160 Å². The molecule has 3 rings (SSSR count). The Hall–Kier alpha value is -2.62. The first-order valence-electron chi connectivity index (χ1n) is 9.55. The molecule has 0 saturated carbocycles. The van der Waals surface area contributed by atoms with Crippen LogP contribution in [0.5, 0.6) is 11.6 Å². The third kappa shape index (κ3) is 5.19. The maximum absolute atomic E-state index is 12.6. The van der Waals surface area contributed by atoms with Crippen LogP contribution in [-0.2, 0) is 4.79 Å². The average molecular weight is 370 g/mol. The molecule has 0 spiro atoms. The molecule has 1 atom stereocenters. The third-order valence-electron chi connectivity index (χ3n) is 4.84. The molecule has 7 nitrogen and oxygen atoms in total. The quantitative estimate of drug-likeness (QED) is 0.626. The lowest BCUT2D eigenvalue weighted by molar-refractivity contribution is -0.134. The van der Waals surface area contributed by atoms with E-state index in [0.29, 0.717) is 44.0 Å². The fourth-order valence-corrected chi connectivity index (χ4v) is 3.28. The highest BCUT2D eigenvalue weighted by Gasteiger charge is 2.40. The summed E-state index contributed by atoms with van der Waals surface area (Å²) in [6.07, 6.45) is 11.1. The number of carbonyl (C=O) groups excluding carboxylic acids is 1. The van der Waals surface area contributed by atoms with Crippen molar-refractivity contribution in [3.8, 4) is 24.0 Å². The van der Waals surface area contributed by atoms with Gasteiger partial charge >= 0.3 is 0 Å². The summed E-state index contributed by atoms with van der Waals surface area (Å²) in [5, 5.41) is 8.20. The van der Waals surface area contributed by atoms with Crippen LogP contribution in [0.3, 0.4) is 0 Å². The van der Waals surface area contributed by atoms with Crippen LogP contribution in [0.15, 0.2) is 28.6 Å². The van der Waals surface area contributed by atoms with Crippen molar-refractivity contribution in [1.29, 1.82) is 0 Å². The van der Waals surface area contributed by atoms with Crippen molar-refractivity contribution < 1.29 is 14.3 Å². The number of hydrogen-bond donors (Lipinski definition) is 0. The second kappa shape index (κ2) is 8.85. The predicted molar refractivity (Wildman–Crippen MR) is 101 cm³/mol. The number of aromatic nitrogens is 1. The van der Waals surface area contributed by atoms with E-state index >= 15 is 0 Å². The normalized spacial score (nSPS) is 20.0. The second-order valence-electron chi connectivity index (χ2n) is 6.85. The number of rotatable bonds is 9. The maximum Gasteiger partial charge on any atom is 0.257 e. The molecule has 2 aliphatic rings. The number of likely N-dealkylation sites (tertiary alicyclic amines) is 1. The van der Waals surface area contributed by atoms with Crippen LogP contribution >= 0.6 is 0 Å². The zero-order valence-corrected chi connectivity index (χ0v) is 15.8. The fourth-order valence-electron chi connectivity index (χ4n) is 3.28. The molecule has 0 aliphatic carbocycles. The Bertz CT molecular complexity index is 722. The van der Waals surface area contributed by atoms with E-state index in [-0.39, 0.29) is 12.0 Å². The van der Waals surface area contributed by atoms with Crippen LogP contribution in [0.4, 0.5) is 0 Å². The lowest BCUT2D eigenvalue weighted by Gasteiger charge is -2.33. The molecule has 144 valence electrons. The van der Waals surface area contributed by atoms with Crippen molar-refractivity contribution in [2.75, 3.05) is 19.7 Å². The van der Waals surface area contributed by atoms with Gasteiger partial charge in [0.2, 0.25) is 5.91 Å². The summed E-state index contributed by atoms with van der Waals surface area (Å²) >= 11 is 0. The Morgan fingerprint density at radius 1 is 1.44 bits per heavy atom. The molecule has 0 radical (unpaired) electrons. The Morgan fingerprint density at radius 3 is 3.04 bits per heavy atom. The van der Waals surface area contributed by atoms with Crippen molar-refractivity contribution in [2.24, 2.45) is 10.2 Å². The van der Waals surface area contributed by atoms with E-state index in [1.807, 2.05) is 24.0 Å². The topological polar surface area (TPSA) is 76.4 Å². The monoisotopic (exact) mass is 370 g/mol. The lowest BCUT2D eigenvalue weighted by Crippen LogP contribution is -2.44. The molecule has 3 heterocycles. The number of terminal acetylenes is 1. The number of pyridine rings is 1. The van der Waals surface area contributed by atoms with Crippen molar-refractivity contribution in [1.82, 2.24) is 9.88 Å². The number of carbonyl (C=O) groups is 1. The SMILES string of the molecule is C#CCCC1(CCC(=O)N2CCCC(Oc3ncccc3OCC)C2)N=N1. The molecule has 1 aromatic heterocycles. The van der Waals surface area contributed by atoms with E-state index in [0.717, 1.165) is 25.8 Å². The van der Waals surface area contributed by atoms with Crippen molar-refractivity contribution in [3.05, 3.63) is 18.3 Å². The van der Waals surface area contributed by atoms with E-state index < -0.39 is 5.66 Å². The van der Waals surface area contributed by atoms with Gasteiger partial charge in [0, 0.05) is 38.4 Å². The van der Waals surface area contributed by atoms with E-state index in [2.05, 4.69) is 21.1 Å². The van der Waals surface area contributed by atoms with E-state index in [1.165, 1.54) is 0 Å². The van der Waals surface area contributed by atoms with Crippen molar-refractivity contribution >= 4 is 5.91 Å². The van der Waals surface area contributed by atoms with E-state index in [1.54, 1.807) is 6.20 Å². The largest absolute Gasteiger partial charge is 0.488 e. The van der Waals surface area contributed by atoms with Gasteiger partial charge in [-0.1, -0.05) is 0 Å². The zero-order valence-electron chi connectivity index (χ0n) is 15.8. The molecule has 1 unspecified atom stereocenters. The van der Waals surface area contributed by atoms with Crippen molar-refractivity contribution in [3.63, 3.8) is 0 Å². The van der Waals surface area contributed by atoms with Crippen LogP contribution in [0.25, 0.3) is 0 Å². The molecule has 1 amide bonds. The van der Waals surface area contributed by atoms with Gasteiger partial charge in [-0.3, -0.25) is 4.79 Å². The number of amides is 1. The summed E-state index contributed by atoms with van der Waals surface area (Å²) in [7, 11) is 0. The first-order chi connectivity index (χ1) is 13.2. The summed E-state index contributed by atoms with van der Waals surface area (Å²) in [6.45, 7) is 3.79. The van der Waals surface area contributed by atoms with Gasteiger partial charge in [0.05, 0.1) is 13.2 Å². The number of ether oxygens (including phenoxy) is 2. The molecular formula is C20H26N4O3. The second-order valence-corrected chi connectivity index (χ2v) is 6.85. The van der Waals surface area contributed by atoms with Crippen LogP contribution in [0, 0.1) is 12.3 Å². The number of piperidine rings is 1. The van der Waals surface area contributed by atoms with E-state index in [4.69, 9.17) is 15.9 Å². The average Bonchev–Trinajstić information content (AvgIpc) is 3.47. The van der Waals surface area contributed by atoms with Gasteiger partial charge in [0.15, 0.2) is 11.4 Å². The molecular weight excluding hydrogens is 344 g/mol. The highest BCUT2D eigenvalue weighted by molar-refractivity contribution is 5.76. The molecule has 7 heteroatoms. The van der Waals surface area contributed by atoms with Crippen LogP contribution in [0.1, 0.15) is 45.4 Å². The van der Waals surface area contributed by atoms with Crippen molar-refractivity contribution in [2.45, 2.75) is 57.2 Å². The maximum atomic E-state index is 12.6. The zero-order chi connectivity index (χ0) is 19.1. The Kier molecular flexibility index (Phi) is 6.28.